The van der Waals surface area contributed by atoms with Crippen molar-refractivity contribution in [2.24, 2.45) is 0 Å². The molecule has 1 aliphatic heterocycles. The molecule has 0 aliphatic carbocycles. The monoisotopic (exact) mass is 199 g/mol. The van der Waals surface area contributed by atoms with Crippen LogP contribution in [-0.4, -0.2) is 14.5 Å². The van der Waals surface area contributed by atoms with Gasteiger partial charge in [0.25, 0.3) is 0 Å². The summed E-state index contributed by atoms with van der Waals surface area (Å²) in [4.78, 5) is 8.84. The van der Waals surface area contributed by atoms with E-state index in [4.69, 9.17) is 0 Å². The Hall–Kier alpha value is -1.64. The molecule has 0 unspecified atom stereocenters. The molecule has 3 rings (SSSR count). The Balaban J connectivity index is 2.26. The largest absolute Gasteiger partial charge is 0.287 e. The van der Waals surface area contributed by atoms with E-state index < -0.39 is 0 Å². The number of rotatable bonds is 0. The van der Waals surface area contributed by atoms with E-state index in [2.05, 4.69) is 34.4 Å². The van der Waals surface area contributed by atoms with Crippen molar-refractivity contribution in [3.05, 3.63) is 41.1 Å². The van der Waals surface area contributed by atoms with E-state index in [-0.39, 0.29) is 0 Å². The Morgan fingerprint density at radius 3 is 2.93 bits per heavy atom. The fourth-order valence-corrected chi connectivity index (χ4v) is 2.22. The van der Waals surface area contributed by atoms with Crippen molar-refractivity contribution in [2.75, 3.05) is 0 Å². The summed E-state index contributed by atoms with van der Waals surface area (Å²) in [6.45, 7) is 4.15. The van der Waals surface area contributed by atoms with Crippen LogP contribution in [0.5, 0.6) is 0 Å². The van der Waals surface area contributed by atoms with E-state index in [0.717, 1.165) is 24.4 Å². The van der Waals surface area contributed by atoms with Gasteiger partial charge in [0.15, 0.2) is 0 Å². The van der Waals surface area contributed by atoms with Crippen LogP contribution in [-0.2, 0) is 12.8 Å². The van der Waals surface area contributed by atoms with Gasteiger partial charge in [0.1, 0.15) is 12.1 Å². The van der Waals surface area contributed by atoms with Crippen LogP contribution >= 0.6 is 0 Å². The van der Waals surface area contributed by atoms with Gasteiger partial charge in [0, 0.05) is 11.9 Å². The SMILES string of the molecule is Cc1cnc2c(c1)CCc1c(C)ncn1-2. The Morgan fingerprint density at radius 1 is 1.20 bits per heavy atom. The van der Waals surface area contributed by atoms with Gasteiger partial charge in [-0.25, -0.2) is 9.97 Å². The van der Waals surface area contributed by atoms with Crippen molar-refractivity contribution in [3.8, 4) is 5.82 Å². The van der Waals surface area contributed by atoms with Crippen molar-refractivity contribution in [3.63, 3.8) is 0 Å². The first-order valence-electron chi connectivity index (χ1n) is 5.24. The van der Waals surface area contributed by atoms with Gasteiger partial charge in [-0.1, -0.05) is 6.07 Å². The zero-order chi connectivity index (χ0) is 10.4. The standard InChI is InChI=1S/C12H13N3/c1-8-5-10-3-4-11-9(2)14-7-15(11)12(10)13-6-8/h5-7H,3-4H2,1-2H3. The van der Waals surface area contributed by atoms with Crippen LogP contribution < -0.4 is 0 Å². The van der Waals surface area contributed by atoms with Gasteiger partial charge in [0.05, 0.1) is 5.69 Å². The molecule has 0 N–H and O–H groups in total. The van der Waals surface area contributed by atoms with E-state index in [9.17, 15) is 0 Å². The summed E-state index contributed by atoms with van der Waals surface area (Å²) in [6, 6.07) is 2.22. The van der Waals surface area contributed by atoms with Crippen LogP contribution in [0.3, 0.4) is 0 Å². The summed E-state index contributed by atoms with van der Waals surface area (Å²) in [5, 5.41) is 0. The number of hydrogen-bond donors (Lipinski definition) is 0. The molecule has 3 heteroatoms. The highest BCUT2D eigenvalue weighted by Gasteiger charge is 2.18. The second-order valence-corrected chi connectivity index (χ2v) is 4.14. The molecule has 0 fully saturated rings. The van der Waals surface area contributed by atoms with E-state index in [0.29, 0.717) is 0 Å². The predicted octanol–water partition coefficient (Wildman–Crippen LogP) is 1.98. The fraction of sp³-hybridized carbons (Fsp3) is 0.333. The Morgan fingerprint density at radius 2 is 2.07 bits per heavy atom. The molecule has 76 valence electrons. The average Bonchev–Trinajstić information content (AvgIpc) is 2.60. The van der Waals surface area contributed by atoms with Crippen LogP contribution in [0.2, 0.25) is 0 Å². The van der Waals surface area contributed by atoms with Crippen molar-refractivity contribution in [1.82, 2.24) is 14.5 Å². The quantitative estimate of drug-likeness (QED) is 0.649. The van der Waals surface area contributed by atoms with Crippen molar-refractivity contribution in [1.29, 1.82) is 0 Å². The lowest BCUT2D eigenvalue weighted by Gasteiger charge is -2.18. The van der Waals surface area contributed by atoms with Gasteiger partial charge >= 0.3 is 0 Å². The summed E-state index contributed by atoms with van der Waals surface area (Å²) >= 11 is 0. The van der Waals surface area contributed by atoms with Gasteiger partial charge in [-0.3, -0.25) is 4.57 Å². The molecule has 0 spiro atoms. The minimum Gasteiger partial charge on any atom is -0.287 e. The Bertz CT molecular complexity index is 526. The van der Waals surface area contributed by atoms with E-state index in [1.807, 2.05) is 12.5 Å². The van der Waals surface area contributed by atoms with Crippen molar-refractivity contribution in [2.45, 2.75) is 26.7 Å². The second-order valence-electron chi connectivity index (χ2n) is 4.14. The highest BCUT2D eigenvalue weighted by molar-refractivity contribution is 5.42. The third-order valence-electron chi connectivity index (χ3n) is 3.01. The van der Waals surface area contributed by atoms with E-state index in [1.54, 1.807) is 0 Å². The third-order valence-corrected chi connectivity index (χ3v) is 3.01. The number of imidazole rings is 1. The van der Waals surface area contributed by atoms with Crippen molar-refractivity contribution < 1.29 is 0 Å². The van der Waals surface area contributed by atoms with Crippen LogP contribution in [0.1, 0.15) is 22.5 Å². The Kier molecular flexibility index (Phi) is 1.69. The molecule has 0 saturated carbocycles. The molecule has 0 bridgehead atoms. The molecule has 2 aromatic heterocycles. The topological polar surface area (TPSA) is 30.7 Å². The number of aromatic nitrogens is 3. The summed E-state index contributed by atoms with van der Waals surface area (Å²) in [6.07, 6.45) is 5.95. The van der Waals surface area contributed by atoms with Gasteiger partial charge in [0.2, 0.25) is 0 Å². The highest BCUT2D eigenvalue weighted by Crippen LogP contribution is 2.24. The number of nitrogens with zero attached hydrogens (tertiary/aromatic N) is 3. The zero-order valence-corrected chi connectivity index (χ0v) is 8.99. The molecule has 1 aliphatic rings. The van der Waals surface area contributed by atoms with Crippen molar-refractivity contribution >= 4 is 0 Å². The maximum atomic E-state index is 4.50. The van der Waals surface area contributed by atoms with E-state index in [1.165, 1.54) is 16.8 Å². The molecule has 0 atom stereocenters. The van der Waals surface area contributed by atoms with Crippen LogP contribution in [0, 0.1) is 13.8 Å². The van der Waals surface area contributed by atoms with Gasteiger partial charge in [-0.05, 0) is 37.8 Å². The lowest BCUT2D eigenvalue weighted by Crippen LogP contribution is -2.13. The molecule has 0 aromatic carbocycles. The first-order chi connectivity index (χ1) is 7.25. The molecule has 0 radical (unpaired) electrons. The zero-order valence-electron chi connectivity index (χ0n) is 8.99. The summed E-state index contributed by atoms with van der Waals surface area (Å²) < 4.78 is 2.12. The second kappa shape index (κ2) is 2.92. The summed E-state index contributed by atoms with van der Waals surface area (Å²) in [5.74, 6) is 1.06. The highest BCUT2D eigenvalue weighted by atomic mass is 15.1. The molecule has 3 heterocycles. The smallest absolute Gasteiger partial charge is 0.141 e. The third kappa shape index (κ3) is 1.19. The fourth-order valence-electron chi connectivity index (χ4n) is 2.22. The molecular weight excluding hydrogens is 186 g/mol. The molecule has 0 amide bonds. The van der Waals surface area contributed by atoms with Gasteiger partial charge in [-0.2, -0.15) is 0 Å². The van der Waals surface area contributed by atoms with Crippen LogP contribution in [0.15, 0.2) is 18.6 Å². The molecular formula is C12H13N3. The molecule has 15 heavy (non-hydrogen) atoms. The lowest BCUT2D eigenvalue weighted by atomic mass is 10.0. The minimum atomic E-state index is 1.06. The number of hydrogen-bond acceptors (Lipinski definition) is 2. The normalized spacial score (nSPS) is 13.5. The average molecular weight is 199 g/mol. The number of fused-ring (bicyclic) bond motifs is 3. The predicted molar refractivity (Wildman–Crippen MR) is 58.2 cm³/mol. The molecule has 3 nitrogen and oxygen atoms in total. The van der Waals surface area contributed by atoms with Crippen LogP contribution in [0.4, 0.5) is 0 Å². The van der Waals surface area contributed by atoms with Gasteiger partial charge in [-0.15, -0.1) is 0 Å². The summed E-state index contributed by atoms with van der Waals surface area (Å²) in [7, 11) is 0. The van der Waals surface area contributed by atoms with Crippen LogP contribution in [0.25, 0.3) is 5.82 Å². The number of pyridine rings is 1. The molecule has 2 aromatic rings. The number of aryl methyl sites for hydroxylation is 3. The first kappa shape index (κ1) is 8.65. The lowest BCUT2D eigenvalue weighted by molar-refractivity contribution is 0.776. The minimum absolute atomic E-state index is 1.06. The van der Waals surface area contributed by atoms with Gasteiger partial charge < -0.3 is 0 Å². The Labute approximate surface area is 88.8 Å². The maximum absolute atomic E-state index is 4.50. The maximum Gasteiger partial charge on any atom is 0.141 e. The van der Waals surface area contributed by atoms with E-state index >= 15 is 0 Å². The first-order valence-corrected chi connectivity index (χ1v) is 5.24. The summed E-state index contributed by atoms with van der Waals surface area (Å²) in [5.41, 5.74) is 5.00. The molecule has 0 saturated heterocycles.